The molecular formula is C22H22FN3O5S2. The molecule has 0 saturated carbocycles. The average Bonchev–Trinajstić information content (AvgIpc) is 3.32. The van der Waals surface area contributed by atoms with Gasteiger partial charge in [-0.2, -0.15) is 0 Å². The van der Waals surface area contributed by atoms with Gasteiger partial charge in [-0.05, 0) is 61.2 Å². The molecule has 1 unspecified atom stereocenters. The molecule has 0 aliphatic heterocycles. The Kier molecular flexibility index (Phi) is 8.15. The van der Waals surface area contributed by atoms with E-state index < -0.39 is 33.8 Å². The second kappa shape index (κ2) is 11.0. The molecule has 174 valence electrons. The number of benzene rings is 2. The molecule has 0 radical (unpaired) electrons. The number of thiophene rings is 1. The predicted octanol–water partition coefficient (Wildman–Crippen LogP) is 2.64. The fourth-order valence-electron chi connectivity index (χ4n) is 2.71. The summed E-state index contributed by atoms with van der Waals surface area (Å²) >= 11 is 1.55. The van der Waals surface area contributed by atoms with Gasteiger partial charge in [-0.1, -0.05) is 18.2 Å². The van der Waals surface area contributed by atoms with Crippen molar-refractivity contribution in [3.05, 3.63) is 82.3 Å². The molecular weight excluding hydrogens is 469 g/mol. The minimum Gasteiger partial charge on any atom is -0.478 e. The van der Waals surface area contributed by atoms with Crippen molar-refractivity contribution in [3.63, 3.8) is 0 Å². The molecule has 0 aliphatic carbocycles. The number of sulfonamides is 1. The van der Waals surface area contributed by atoms with Gasteiger partial charge in [0, 0.05) is 17.0 Å². The van der Waals surface area contributed by atoms with Gasteiger partial charge in [0.05, 0.1) is 4.90 Å². The van der Waals surface area contributed by atoms with Crippen molar-refractivity contribution < 1.29 is 27.1 Å². The van der Waals surface area contributed by atoms with E-state index in [4.69, 9.17) is 4.74 Å². The van der Waals surface area contributed by atoms with Crippen LogP contribution in [0.25, 0.3) is 0 Å². The molecule has 8 nitrogen and oxygen atoms in total. The van der Waals surface area contributed by atoms with E-state index in [-0.39, 0.29) is 22.8 Å². The molecule has 3 N–H and O–H groups in total. The van der Waals surface area contributed by atoms with E-state index in [2.05, 4.69) is 15.6 Å². The van der Waals surface area contributed by atoms with Crippen LogP contribution in [0.2, 0.25) is 0 Å². The van der Waals surface area contributed by atoms with E-state index in [1.807, 2.05) is 17.5 Å². The van der Waals surface area contributed by atoms with Crippen LogP contribution in [-0.2, 0) is 21.2 Å². The molecule has 3 rings (SSSR count). The van der Waals surface area contributed by atoms with Crippen molar-refractivity contribution in [2.24, 2.45) is 0 Å². The summed E-state index contributed by atoms with van der Waals surface area (Å²) in [5, 5.41) is 1.92. The number of halogens is 1. The van der Waals surface area contributed by atoms with E-state index in [1.165, 1.54) is 49.4 Å². The Labute approximate surface area is 194 Å². The fraction of sp³-hybridized carbons (Fsp3) is 0.182. The number of hydrogen-bond donors (Lipinski definition) is 3. The van der Waals surface area contributed by atoms with Gasteiger partial charge in [0.2, 0.25) is 10.0 Å². The molecule has 11 heteroatoms. The van der Waals surface area contributed by atoms with Gasteiger partial charge < -0.3 is 4.74 Å². The number of hydrogen-bond acceptors (Lipinski definition) is 6. The van der Waals surface area contributed by atoms with Crippen LogP contribution in [0.15, 0.2) is 70.9 Å². The maximum Gasteiger partial charge on any atom is 0.279 e. The molecule has 1 heterocycles. The van der Waals surface area contributed by atoms with E-state index in [0.717, 1.165) is 4.88 Å². The number of rotatable bonds is 9. The fourth-order valence-corrected chi connectivity index (χ4v) is 4.45. The Morgan fingerprint density at radius 3 is 2.42 bits per heavy atom. The average molecular weight is 492 g/mol. The second-order valence-electron chi connectivity index (χ2n) is 6.89. The normalized spacial score (nSPS) is 12.1. The van der Waals surface area contributed by atoms with E-state index in [1.54, 1.807) is 17.4 Å². The Morgan fingerprint density at radius 2 is 1.76 bits per heavy atom. The van der Waals surface area contributed by atoms with Crippen LogP contribution in [0.4, 0.5) is 4.39 Å². The molecule has 0 fully saturated rings. The highest BCUT2D eigenvalue weighted by molar-refractivity contribution is 7.89. The third kappa shape index (κ3) is 6.85. The number of carbonyl (C=O) groups excluding carboxylic acids is 2. The summed E-state index contributed by atoms with van der Waals surface area (Å²) < 4.78 is 46.2. The number of nitrogens with one attached hydrogen (secondary N) is 3. The summed E-state index contributed by atoms with van der Waals surface area (Å²) in [6.45, 7) is 1.66. The Morgan fingerprint density at radius 1 is 1.03 bits per heavy atom. The van der Waals surface area contributed by atoms with E-state index in [0.29, 0.717) is 6.42 Å². The van der Waals surface area contributed by atoms with Crippen LogP contribution in [0.5, 0.6) is 5.75 Å². The molecule has 0 bridgehead atoms. The number of para-hydroxylation sites is 1. The van der Waals surface area contributed by atoms with Crippen LogP contribution in [0.1, 0.15) is 22.2 Å². The number of carbonyl (C=O) groups is 2. The summed E-state index contributed by atoms with van der Waals surface area (Å²) in [5.41, 5.74) is 4.54. The van der Waals surface area contributed by atoms with Crippen molar-refractivity contribution in [2.45, 2.75) is 24.3 Å². The van der Waals surface area contributed by atoms with Gasteiger partial charge in [0.1, 0.15) is 0 Å². The highest BCUT2D eigenvalue weighted by atomic mass is 32.2. The molecule has 33 heavy (non-hydrogen) atoms. The Hall–Kier alpha value is -3.28. The van der Waals surface area contributed by atoms with Crippen molar-refractivity contribution in [1.29, 1.82) is 0 Å². The van der Waals surface area contributed by atoms with Gasteiger partial charge in [0.25, 0.3) is 11.8 Å². The molecule has 0 aliphatic rings. The molecule has 0 saturated heterocycles. The first-order valence-electron chi connectivity index (χ1n) is 9.90. The number of ether oxygens (including phenoxy) is 1. The van der Waals surface area contributed by atoms with Crippen molar-refractivity contribution in [1.82, 2.24) is 15.6 Å². The van der Waals surface area contributed by atoms with Crippen LogP contribution in [-0.4, -0.2) is 32.9 Å². The lowest BCUT2D eigenvalue weighted by molar-refractivity contribution is -0.128. The van der Waals surface area contributed by atoms with Crippen LogP contribution in [0, 0.1) is 5.82 Å². The van der Waals surface area contributed by atoms with Crippen LogP contribution < -0.4 is 20.3 Å². The largest absolute Gasteiger partial charge is 0.478 e. The first-order chi connectivity index (χ1) is 15.8. The molecule has 2 aromatic carbocycles. The molecule has 1 atom stereocenters. The minimum absolute atomic E-state index is 0.0150. The molecule has 3 aromatic rings. The van der Waals surface area contributed by atoms with Crippen LogP contribution >= 0.6 is 11.3 Å². The van der Waals surface area contributed by atoms with E-state index >= 15 is 0 Å². The summed E-state index contributed by atoms with van der Waals surface area (Å²) in [6.07, 6.45) is -0.495. The van der Waals surface area contributed by atoms with Gasteiger partial charge in [0.15, 0.2) is 17.7 Å². The second-order valence-corrected chi connectivity index (χ2v) is 9.68. The summed E-state index contributed by atoms with van der Waals surface area (Å²) in [4.78, 5) is 25.4. The summed E-state index contributed by atoms with van der Waals surface area (Å²) in [5.74, 6) is -2.05. The monoisotopic (exact) mass is 491 g/mol. The van der Waals surface area contributed by atoms with Crippen molar-refractivity contribution in [3.8, 4) is 5.75 Å². The smallest absolute Gasteiger partial charge is 0.279 e. The van der Waals surface area contributed by atoms with Crippen LogP contribution in [0.3, 0.4) is 0 Å². The first-order valence-corrected chi connectivity index (χ1v) is 12.3. The Balaban J connectivity index is 1.50. The first kappa shape index (κ1) is 24.4. The third-order valence-electron chi connectivity index (χ3n) is 4.48. The number of amides is 2. The molecule has 0 spiro atoms. The summed E-state index contributed by atoms with van der Waals surface area (Å²) in [7, 11) is -3.72. The highest BCUT2D eigenvalue weighted by Gasteiger charge is 2.18. The van der Waals surface area contributed by atoms with Crippen molar-refractivity contribution >= 4 is 33.2 Å². The maximum atomic E-state index is 13.6. The lowest BCUT2D eigenvalue weighted by atomic mass is 10.2. The maximum absolute atomic E-state index is 13.6. The van der Waals surface area contributed by atoms with Gasteiger partial charge in [-0.3, -0.25) is 20.4 Å². The third-order valence-corrected chi connectivity index (χ3v) is 6.89. The lowest BCUT2D eigenvalue weighted by Gasteiger charge is -2.15. The predicted molar refractivity (Wildman–Crippen MR) is 122 cm³/mol. The van der Waals surface area contributed by atoms with Gasteiger partial charge in [-0.25, -0.2) is 17.5 Å². The van der Waals surface area contributed by atoms with Crippen molar-refractivity contribution in [2.75, 3.05) is 6.54 Å². The number of hydrazine groups is 1. The van der Waals surface area contributed by atoms with E-state index in [9.17, 15) is 22.4 Å². The zero-order valence-corrected chi connectivity index (χ0v) is 19.2. The SMILES string of the molecule is CC(Oc1ccccc1F)C(=O)NNC(=O)c1ccc(S(=O)(=O)NCCc2cccs2)cc1. The van der Waals surface area contributed by atoms with Gasteiger partial charge in [-0.15, -0.1) is 11.3 Å². The molecule has 1 aromatic heterocycles. The topological polar surface area (TPSA) is 114 Å². The standard InChI is InChI=1S/C22H22FN3O5S2/c1-15(31-20-7-3-2-6-19(20)23)21(27)25-26-22(28)16-8-10-18(11-9-16)33(29,30)24-13-12-17-5-4-14-32-17/h2-11,14-15,24H,12-13H2,1H3,(H,25,27)(H,26,28). The minimum atomic E-state index is -3.72. The summed E-state index contributed by atoms with van der Waals surface area (Å²) in [6, 6.07) is 14.7. The van der Waals surface area contributed by atoms with Gasteiger partial charge >= 0.3 is 0 Å². The zero-order valence-electron chi connectivity index (χ0n) is 17.6. The lowest BCUT2D eigenvalue weighted by Crippen LogP contribution is -2.47. The molecule has 2 amide bonds. The zero-order chi connectivity index (χ0) is 23.8. The Bertz CT molecular complexity index is 1200. The highest BCUT2D eigenvalue weighted by Crippen LogP contribution is 2.17. The quantitative estimate of drug-likeness (QED) is 0.398.